The van der Waals surface area contributed by atoms with Crippen LogP contribution in [-0.4, -0.2) is 19.9 Å². The summed E-state index contributed by atoms with van der Waals surface area (Å²) in [7, 11) is 0. The Balaban J connectivity index is 1.79. The van der Waals surface area contributed by atoms with Crippen molar-refractivity contribution >= 4 is 0 Å². The van der Waals surface area contributed by atoms with E-state index in [2.05, 4.69) is 15.0 Å². The van der Waals surface area contributed by atoms with Crippen molar-refractivity contribution in [2.45, 2.75) is 31.6 Å². The van der Waals surface area contributed by atoms with E-state index >= 15 is 0 Å². The Morgan fingerprint density at radius 2 is 1.28 bits per heavy atom. The fourth-order valence-electron chi connectivity index (χ4n) is 3.62. The van der Waals surface area contributed by atoms with Crippen LogP contribution in [0.3, 0.4) is 0 Å². The second kappa shape index (κ2) is 8.68. The lowest BCUT2D eigenvalue weighted by Crippen LogP contribution is -2.22. The predicted molar refractivity (Wildman–Crippen MR) is 114 cm³/mol. The number of rotatable bonds is 4. The van der Waals surface area contributed by atoms with Gasteiger partial charge in [-0.15, -0.1) is 0 Å². The van der Waals surface area contributed by atoms with E-state index in [1.54, 1.807) is 31.0 Å². The highest BCUT2D eigenvalue weighted by molar-refractivity contribution is 5.63. The Bertz CT molecular complexity index is 1420. The van der Waals surface area contributed by atoms with E-state index in [9.17, 15) is 35.1 Å². The van der Waals surface area contributed by atoms with Crippen molar-refractivity contribution in [3.05, 3.63) is 89.1 Å². The first-order chi connectivity index (χ1) is 16.7. The van der Waals surface area contributed by atoms with Crippen molar-refractivity contribution < 1.29 is 35.1 Å². The molecule has 0 aromatic carbocycles. The molecule has 4 aromatic heterocycles. The average molecular weight is 512 g/mol. The second-order valence-electron chi connectivity index (χ2n) is 8.38. The van der Waals surface area contributed by atoms with Crippen molar-refractivity contribution in [3.63, 3.8) is 0 Å². The zero-order chi connectivity index (χ0) is 26.5. The predicted octanol–water partition coefficient (Wildman–Crippen LogP) is 7.18. The number of nitrogens with zero attached hydrogens (tertiary/aromatic N) is 3. The minimum atomic E-state index is -5.06. The Labute approximate surface area is 199 Å². The summed E-state index contributed by atoms with van der Waals surface area (Å²) in [5.41, 5.74) is -4.74. The number of alkyl halides is 6. The molecule has 0 spiro atoms. The Morgan fingerprint density at radius 3 is 1.83 bits per heavy atom. The lowest BCUT2D eigenvalue weighted by molar-refractivity contribution is -0.142. The Kier molecular flexibility index (Phi) is 6.09. The van der Waals surface area contributed by atoms with Crippen molar-refractivity contribution in [3.8, 4) is 22.6 Å². The van der Waals surface area contributed by atoms with Crippen LogP contribution < -0.4 is 0 Å². The molecule has 12 heteroatoms. The molecule has 0 bridgehead atoms. The molecular weight excluding hydrogens is 496 g/mol. The van der Waals surface area contributed by atoms with Crippen LogP contribution in [0.4, 0.5) is 35.1 Å². The summed E-state index contributed by atoms with van der Waals surface area (Å²) in [6.07, 6.45) is -10.1. The number of hydrogen-bond acceptors (Lipinski definition) is 3. The van der Waals surface area contributed by atoms with E-state index in [-0.39, 0.29) is 28.7 Å². The monoisotopic (exact) mass is 512 g/mol. The van der Waals surface area contributed by atoms with Gasteiger partial charge < -0.3 is 4.98 Å². The van der Waals surface area contributed by atoms with Crippen molar-refractivity contribution in [2.24, 2.45) is 0 Å². The average Bonchev–Trinajstić information content (AvgIpc) is 3.26. The molecule has 1 N–H and O–H groups in total. The van der Waals surface area contributed by atoms with Crippen LogP contribution in [0.25, 0.3) is 22.6 Å². The highest BCUT2D eigenvalue weighted by Crippen LogP contribution is 2.41. The molecule has 4 aromatic rings. The van der Waals surface area contributed by atoms with E-state index in [4.69, 9.17) is 0 Å². The number of H-pyrrole nitrogens is 1. The van der Waals surface area contributed by atoms with Gasteiger partial charge >= 0.3 is 12.4 Å². The molecule has 0 saturated heterocycles. The first-order valence-corrected chi connectivity index (χ1v) is 10.3. The third-order valence-corrected chi connectivity index (χ3v) is 5.55. The van der Waals surface area contributed by atoms with Gasteiger partial charge in [-0.25, -0.2) is 0 Å². The first-order valence-electron chi connectivity index (χ1n) is 10.3. The third kappa shape index (κ3) is 4.79. The summed E-state index contributed by atoms with van der Waals surface area (Å²) < 4.78 is 107. The van der Waals surface area contributed by atoms with E-state index in [0.717, 1.165) is 18.2 Å². The van der Waals surface area contributed by atoms with Crippen LogP contribution in [0.15, 0.2) is 54.6 Å². The zero-order valence-corrected chi connectivity index (χ0v) is 18.6. The normalized spacial score (nSPS) is 12.7. The van der Waals surface area contributed by atoms with E-state index < -0.39 is 46.6 Å². The van der Waals surface area contributed by atoms with Crippen molar-refractivity contribution in [2.75, 3.05) is 0 Å². The Hall–Kier alpha value is -3.83. The summed E-state index contributed by atoms with van der Waals surface area (Å²) in [4.78, 5) is 13.5. The van der Waals surface area contributed by atoms with Crippen LogP contribution in [0.2, 0.25) is 0 Å². The minimum Gasteiger partial charge on any atom is -0.349 e. The maximum Gasteiger partial charge on any atom is 0.431 e. The molecule has 4 rings (SSSR count). The van der Waals surface area contributed by atoms with Crippen LogP contribution in [0, 0.1) is 11.9 Å². The first kappa shape index (κ1) is 25.3. The highest BCUT2D eigenvalue weighted by atomic mass is 19.4. The molecule has 0 aliphatic carbocycles. The van der Waals surface area contributed by atoms with Crippen LogP contribution in [-0.2, 0) is 17.8 Å². The third-order valence-electron chi connectivity index (χ3n) is 5.55. The number of aromatic amines is 1. The van der Waals surface area contributed by atoms with E-state index in [1.807, 2.05) is 0 Å². The van der Waals surface area contributed by atoms with Crippen LogP contribution in [0.1, 0.15) is 36.5 Å². The fraction of sp³-hybridized carbons (Fsp3) is 0.208. The quantitative estimate of drug-likeness (QED) is 0.233. The molecule has 36 heavy (non-hydrogen) atoms. The SMILES string of the molecule is CC(C)(c1cccc(-c2ccc(F)nc2F)n1)c1cccc(-c2[nH]c(C(F)(F)F)cc2C(F)(F)F)n1. The molecule has 4 heterocycles. The van der Waals surface area contributed by atoms with Gasteiger partial charge in [0.1, 0.15) is 5.69 Å². The van der Waals surface area contributed by atoms with Gasteiger partial charge in [-0.3, -0.25) is 9.97 Å². The second-order valence-corrected chi connectivity index (χ2v) is 8.38. The summed E-state index contributed by atoms with van der Waals surface area (Å²) in [6, 6.07) is 10.7. The standard InChI is InChI=1S/C24H16F8N4/c1-22(2,16-7-3-5-14(33-16)12-9-10-19(25)36-21(12)26)17-8-4-6-15(34-17)20-13(23(27,28)29)11-18(35-20)24(30,31)32/h3-11,35H,1-2H3. The zero-order valence-electron chi connectivity index (χ0n) is 18.6. The van der Waals surface area contributed by atoms with Crippen molar-refractivity contribution in [1.82, 2.24) is 19.9 Å². The van der Waals surface area contributed by atoms with E-state index in [1.165, 1.54) is 18.2 Å². The molecular formula is C24H16F8N4. The topological polar surface area (TPSA) is 54.5 Å². The molecule has 0 aliphatic heterocycles. The number of aromatic nitrogens is 4. The number of hydrogen-bond donors (Lipinski definition) is 1. The smallest absolute Gasteiger partial charge is 0.349 e. The lowest BCUT2D eigenvalue weighted by Gasteiger charge is -2.25. The summed E-state index contributed by atoms with van der Waals surface area (Å²) in [5.74, 6) is -2.09. The maximum absolute atomic E-state index is 14.2. The molecule has 0 fully saturated rings. The molecule has 4 nitrogen and oxygen atoms in total. The fourth-order valence-corrected chi connectivity index (χ4v) is 3.62. The minimum absolute atomic E-state index is 0.00509. The number of halogens is 8. The van der Waals surface area contributed by atoms with Crippen molar-refractivity contribution in [1.29, 1.82) is 0 Å². The van der Waals surface area contributed by atoms with Gasteiger partial charge in [0.15, 0.2) is 0 Å². The molecule has 0 saturated carbocycles. The van der Waals surface area contributed by atoms with Gasteiger partial charge in [-0.1, -0.05) is 12.1 Å². The van der Waals surface area contributed by atoms with Gasteiger partial charge in [0.25, 0.3) is 0 Å². The van der Waals surface area contributed by atoms with Gasteiger partial charge in [-0.2, -0.15) is 40.1 Å². The van der Waals surface area contributed by atoms with Gasteiger partial charge in [0.05, 0.1) is 39.6 Å². The molecule has 0 amide bonds. The summed E-state index contributed by atoms with van der Waals surface area (Å²) >= 11 is 0. The Morgan fingerprint density at radius 1 is 0.694 bits per heavy atom. The largest absolute Gasteiger partial charge is 0.431 e. The molecule has 0 aliphatic rings. The van der Waals surface area contributed by atoms with Crippen LogP contribution >= 0.6 is 0 Å². The van der Waals surface area contributed by atoms with Gasteiger partial charge in [0, 0.05) is 5.41 Å². The van der Waals surface area contributed by atoms with Crippen LogP contribution in [0.5, 0.6) is 0 Å². The summed E-state index contributed by atoms with van der Waals surface area (Å²) in [6.45, 7) is 3.29. The molecule has 188 valence electrons. The molecule has 0 atom stereocenters. The highest BCUT2D eigenvalue weighted by Gasteiger charge is 2.41. The van der Waals surface area contributed by atoms with Gasteiger partial charge in [-0.05, 0) is 56.3 Å². The maximum atomic E-state index is 14.2. The molecule has 0 unspecified atom stereocenters. The molecule has 0 radical (unpaired) electrons. The van der Waals surface area contributed by atoms with E-state index in [0.29, 0.717) is 5.69 Å². The van der Waals surface area contributed by atoms with Gasteiger partial charge in [0.2, 0.25) is 11.9 Å². The number of pyridine rings is 3. The summed E-state index contributed by atoms with van der Waals surface area (Å²) in [5, 5.41) is 0. The lowest BCUT2D eigenvalue weighted by atomic mass is 9.84. The number of nitrogens with one attached hydrogen (secondary N) is 1.